The molecule has 0 radical (unpaired) electrons. The fraction of sp³-hybridized carbons (Fsp3) is 0.143. The lowest BCUT2D eigenvalue weighted by Crippen LogP contribution is -2.10. The van der Waals surface area contributed by atoms with Crippen molar-refractivity contribution >= 4 is 23.0 Å². The van der Waals surface area contributed by atoms with Crippen molar-refractivity contribution in [2.75, 3.05) is 12.4 Å². The molecule has 0 aliphatic heterocycles. The van der Waals surface area contributed by atoms with E-state index in [2.05, 4.69) is 10.3 Å². The van der Waals surface area contributed by atoms with Crippen molar-refractivity contribution in [3.63, 3.8) is 0 Å². The van der Waals surface area contributed by atoms with Crippen molar-refractivity contribution in [1.82, 2.24) is 4.98 Å². The Hall–Kier alpha value is -2.14. The van der Waals surface area contributed by atoms with Gasteiger partial charge in [0, 0.05) is 18.3 Å². The van der Waals surface area contributed by atoms with E-state index in [9.17, 15) is 0 Å². The number of hydrogen-bond donors (Lipinski definition) is 2. The van der Waals surface area contributed by atoms with E-state index in [4.69, 9.17) is 22.7 Å². The number of pyridine rings is 1. The van der Waals surface area contributed by atoms with Gasteiger partial charge in [-0.3, -0.25) is 0 Å². The Kier molecular flexibility index (Phi) is 4.30. The predicted octanol–water partition coefficient (Wildman–Crippen LogP) is 2.34. The Balaban J connectivity index is 2.01. The second kappa shape index (κ2) is 6.15. The summed E-state index contributed by atoms with van der Waals surface area (Å²) in [7, 11) is 1.65. The number of rotatable bonds is 5. The van der Waals surface area contributed by atoms with E-state index in [0.29, 0.717) is 11.5 Å². The van der Waals surface area contributed by atoms with Crippen LogP contribution in [0.4, 0.5) is 5.82 Å². The summed E-state index contributed by atoms with van der Waals surface area (Å²) < 4.78 is 5.11. The minimum atomic E-state index is 0.370. The molecule has 5 heteroatoms. The Morgan fingerprint density at radius 1 is 1.32 bits per heavy atom. The molecule has 0 bridgehead atoms. The van der Waals surface area contributed by atoms with E-state index in [-0.39, 0.29) is 0 Å². The van der Waals surface area contributed by atoms with Crippen molar-refractivity contribution in [1.29, 1.82) is 0 Å². The lowest BCUT2D eigenvalue weighted by Gasteiger charge is -2.07. The van der Waals surface area contributed by atoms with Crippen LogP contribution in [-0.2, 0) is 6.54 Å². The van der Waals surface area contributed by atoms with Gasteiger partial charge in [-0.1, -0.05) is 24.4 Å². The maximum Gasteiger partial charge on any atom is 0.126 e. The number of ether oxygens (including phenoxy) is 1. The van der Waals surface area contributed by atoms with Gasteiger partial charge in [-0.15, -0.1) is 0 Å². The maximum atomic E-state index is 5.58. The minimum absolute atomic E-state index is 0.370. The van der Waals surface area contributed by atoms with Crippen molar-refractivity contribution in [2.24, 2.45) is 5.73 Å². The normalized spacial score (nSPS) is 9.95. The Morgan fingerprint density at radius 2 is 2.05 bits per heavy atom. The van der Waals surface area contributed by atoms with Crippen LogP contribution < -0.4 is 15.8 Å². The number of anilines is 1. The molecule has 0 aliphatic rings. The van der Waals surface area contributed by atoms with Gasteiger partial charge in [-0.05, 0) is 29.8 Å². The molecular formula is C14H15N3OS. The number of methoxy groups -OCH3 is 1. The molecule has 0 saturated carbocycles. The van der Waals surface area contributed by atoms with Gasteiger partial charge in [0.2, 0.25) is 0 Å². The summed E-state index contributed by atoms with van der Waals surface area (Å²) in [6.45, 7) is 0.678. The van der Waals surface area contributed by atoms with Crippen molar-refractivity contribution in [3.05, 3.63) is 53.7 Å². The molecule has 0 amide bonds. The molecule has 0 fully saturated rings. The first-order chi connectivity index (χ1) is 9.19. The van der Waals surface area contributed by atoms with E-state index >= 15 is 0 Å². The number of hydrogen-bond acceptors (Lipinski definition) is 4. The standard InChI is InChI=1S/C14H15N3OS/c1-18-12-4-2-10(3-5-12)9-17-13-8-11(14(15)19)6-7-16-13/h2-8H,9H2,1H3,(H2,15,19)(H,16,17). The van der Waals surface area contributed by atoms with E-state index < -0.39 is 0 Å². The highest BCUT2D eigenvalue weighted by Crippen LogP contribution is 2.13. The zero-order chi connectivity index (χ0) is 13.7. The largest absolute Gasteiger partial charge is 0.497 e. The monoisotopic (exact) mass is 273 g/mol. The van der Waals surface area contributed by atoms with Gasteiger partial charge >= 0.3 is 0 Å². The molecule has 0 unspecified atom stereocenters. The van der Waals surface area contributed by atoms with Gasteiger partial charge < -0.3 is 15.8 Å². The number of aromatic nitrogens is 1. The molecule has 1 heterocycles. The third-order valence-corrected chi connectivity index (χ3v) is 2.91. The highest BCUT2D eigenvalue weighted by molar-refractivity contribution is 7.80. The SMILES string of the molecule is COc1ccc(CNc2cc(C(N)=S)ccn2)cc1. The number of nitrogens with zero attached hydrogens (tertiary/aromatic N) is 1. The van der Waals surface area contributed by atoms with Crippen LogP contribution in [0.15, 0.2) is 42.6 Å². The number of nitrogens with two attached hydrogens (primary N) is 1. The molecule has 0 saturated heterocycles. The summed E-state index contributed by atoms with van der Waals surface area (Å²) >= 11 is 4.94. The quantitative estimate of drug-likeness (QED) is 0.819. The van der Waals surface area contributed by atoms with Gasteiger partial charge in [-0.2, -0.15) is 0 Å². The molecule has 3 N–H and O–H groups in total. The molecule has 98 valence electrons. The topological polar surface area (TPSA) is 60.2 Å². The van der Waals surface area contributed by atoms with Gasteiger partial charge in [0.05, 0.1) is 7.11 Å². The van der Waals surface area contributed by atoms with E-state index in [1.54, 1.807) is 19.4 Å². The molecule has 2 aromatic rings. The lowest BCUT2D eigenvalue weighted by molar-refractivity contribution is 0.414. The summed E-state index contributed by atoms with van der Waals surface area (Å²) in [6.07, 6.45) is 1.69. The molecule has 19 heavy (non-hydrogen) atoms. The zero-order valence-electron chi connectivity index (χ0n) is 10.6. The van der Waals surface area contributed by atoms with Crippen LogP contribution >= 0.6 is 12.2 Å². The van der Waals surface area contributed by atoms with Crippen LogP contribution in [-0.4, -0.2) is 17.1 Å². The van der Waals surface area contributed by atoms with Crippen LogP contribution in [0.1, 0.15) is 11.1 Å². The molecule has 1 aromatic heterocycles. The van der Waals surface area contributed by atoms with Crippen LogP contribution in [0, 0.1) is 0 Å². The Bertz CT molecular complexity index is 569. The van der Waals surface area contributed by atoms with E-state index in [1.807, 2.05) is 30.3 Å². The minimum Gasteiger partial charge on any atom is -0.497 e. The zero-order valence-corrected chi connectivity index (χ0v) is 11.4. The summed E-state index contributed by atoms with van der Waals surface area (Å²) in [5, 5.41) is 3.23. The molecule has 1 aromatic carbocycles. The van der Waals surface area contributed by atoms with Crippen LogP contribution in [0.25, 0.3) is 0 Å². The smallest absolute Gasteiger partial charge is 0.126 e. The number of thiocarbonyl (C=S) groups is 1. The summed E-state index contributed by atoms with van der Waals surface area (Å²) in [6, 6.07) is 11.5. The lowest BCUT2D eigenvalue weighted by atomic mass is 10.2. The van der Waals surface area contributed by atoms with Crippen LogP contribution in [0.2, 0.25) is 0 Å². The van der Waals surface area contributed by atoms with Crippen molar-refractivity contribution in [2.45, 2.75) is 6.54 Å². The third kappa shape index (κ3) is 3.66. The van der Waals surface area contributed by atoms with E-state index in [1.165, 1.54) is 0 Å². The van der Waals surface area contributed by atoms with Crippen molar-refractivity contribution in [3.8, 4) is 5.75 Å². The highest BCUT2D eigenvalue weighted by Gasteiger charge is 2.00. The van der Waals surface area contributed by atoms with E-state index in [0.717, 1.165) is 22.7 Å². The second-order valence-corrected chi connectivity index (χ2v) is 4.44. The van der Waals surface area contributed by atoms with Crippen molar-refractivity contribution < 1.29 is 4.74 Å². The highest BCUT2D eigenvalue weighted by atomic mass is 32.1. The fourth-order valence-electron chi connectivity index (χ4n) is 1.62. The molecule has 0 spiro atoms. The Morgan fingerprint density at radius 3 is 2.68 bits per heavy atom. The van der Waals surface area contributed by atoms with Crippen LogP contribution in [0.5, 0.6) is 5.75 Å². The van der Waals surface area contributed by atoms with Gasteiger partial charge in [-0.25, -0.2) is 4.98 Å². The third-order valence-electron chi connectivity index (χ3n) is 2.68. The first-order valence-electron chi connectivity index (χ1n) is 5.81. The summed E-state index contributed by atoms with van der Waals surface area (Å²) in [4.78, 5) is 4.59. The molecule has 0 aliphatic carbocycles. The molecule has 2 rings (SSSR count). The predicted molar refractivity (Wildman–Crippen MR) is 80.4 cm³/mol. The van der Waals surface area contributed by atoms with Gasteiger partial charge in [0.15, 0.2) is 0 Å². The molecule has 4 nitrogen and oxygen atoms in total. The Labute approximate surface area is 117 Å². The second-order valence-electron chi connectivity index (χ2n) is 4.00. The molecular weight excluding hydrogens is 258 g/mol. The van der Waals surface area contributed by atoms with Gasteiger partial charge in [0.1, 0.15) is 16.6 Å². The first kappa shape index (κ1) is 13.3. The molecule has 0 atom stereocenters. The first-order valence-corrected chi connectivity index (χ1v) is 6.22. The average molecular weight is 273 g/mol. The fourth-order valence-corrected chi connectivity index (χ4v) is 1.74. The summed E-state index contributed by atoms with van der Waals surface area (Å²) in [5.41, 5.74) is 7.53. The van der Waals surface area contributed by atoms with Gasteiger partial charge in [0.25, 0.3) is 0 Å². The average Bonchev–Trinajstić information content (AvgIpc) is 2.46. The number of nitrogens with one attached hydrogen (secondary N) is 1. The number of benzene rings is 1. The summed E-state index contributed by atoms with van der Waals surface area (Å²) in [5.74, 6) is 1.60. The van der Waals surface area contributed by atoms with Crippen LogP contribution in [0.3, 0.4) is 0 Å². The maximum absolute atomic E-state index is 5.58.